The Morgan fingerprint density at radius 1 is 0.304 bits per heavy atom. The Bertz CT molecular complexity index is 3180. The minimum atomic E-state index is 0.663. The van der Waals surface area contributed by atoms with Crippen molar-refractivity contribution < 1.29 is 0 Å². The third kappa shape index (κ3) is 5.56. The first-order chi connectivity index (χ1) is 27.7. The quantitative estimate of drug-likeness (QED) is 0.171. The number of para-hydroxylation sites is 1. The highest BCUT2D eigenvalue weighted by molar-refractivity contribution is 7.25. The van der Waals surface area contributed by atoms with E-state index in [4.69, 9.17) is 15.0 Å². The van der Waals surface area contributed by atoms with E-state index in [9.17, 15) is 0 Å². The van der Waals surface area contributed by atoms with E-state index < -0.39 is 0 Å². The molecule has 0 fully saturated rings. The molecule has 0 spiro atoms. The van der Waals surface area contributed by atoms with Crippen LogP contribution in [0.1, 0.15) is 0 Å². The van der Waals surface area contributed by atoms with E-state index in [-0.39, 0.29) is 0 Å². The van der Waals surface area contributed by atoms with Gasteiger partial charge in [0.05, 0.1) is 11.0 Å². The Morgan fingerprint density at radius 3 is 1.46 bits per heavy atom. The van der Waals surface area contributed by atoms with Gasteiger partial charge in [0.2, 0.25) is 0 Å². The van der Waals surface area contributed by atoms with Crippen molar-refractivity contribution in [2.45, 2.75) is 0 Å². The highest BCUT2D eigenvalue weighted by Gasteiger charge is 2.16. The monoisotopic (exact) mass is 732 g/mol. The summed E-state index contributed by atoms with van der Waals surface area (Å²) in [5.74, 6) is 1.99. The highest BCUT2D eigenvalue weighted by atomic mass is 32.1. The van der Waals surface area contributed by atoms with Crippen LogP contribution >= 0.6 is 11.3 Å². The van der Waals surface area contributed by atoms with Crippen LogP contribution in [0.3, 0.4) is 0 Å². The van der Waals surface area contributed by atoms with E-state index in [0.717, 1.165) is 22.4 Å². The van der Waals surface area contributed by atoms with Crippen LogP contribution in [0.15, 0.2) is 194 Å². The van der Waals surface area contributed by atoms with Crippen LogP contribution in [0, 0.1) is 0 Å². The maximum Gasteiger partial charge on any atom is 0.164 e. The molecule has 4 nitrogen and oxygen atoms in total. The fourth-order valence-electron chi connectivity index (χ4n) is 7.92. The van der Waals surface area contributed by atoms with Crippen LogP contribution in [-0.4, -0.2) is 19.5 Å². The number of aromatic nitrogens is 4. The van der Waals surface area contributed by atoms with E-state index in [1.54, 1.807) is 0 Å². The maximum atomic E-state index is 4.98. The number of hydrogen-bond donors (Lipinski definition) is 0. The molecule has 0 N–H and O–H groups in total. The van der Waals surface area contributed by atoms with Gasteiger partial charge in [0.1, 0.15) is 0 Å². The van der Waals surface area contributed by atoms with Crippen LogP contribution < -0.4 is 0 Å². The molecule has 0 aliphatic rings. The predicted molar refractivity (Wildman–Crippen MR) is 234 cm³/mol. The number of hydrogen-bond acceptors (Lipinski definition) is 4. The van der Waals surface area contributed by atoms with E-state index in [1.165, 1.54) is 64.2 Å². The molecule has 0 unspecified atom stereocenters. The average Bonchev–Trinajstić information content (AvgIpc) is 3.82. The molecule has 0 radical (unpaired) electrons. The summed E-state index contributed by atoms with van der Waals surface area (Å²) < 4.78 is 4.85. The van der Waals surface area contributed by atoms with E-state index in [2.05, 4.69) is 138 Å². The standard InChI is InChI=1S/C51H32N4S/c1-4-13-33(14-5-1)37-25-28-46-44(30-37)41-21-10-11-22-45(41)55(46)40-20-12-19-36(29-40)38-23-26-42-43-27-24-39(32-48(43)56-47(42)31-38)51-53-49(34-15-6-2-7-16-34)52-50(54-51)35-17-8-3-9-18-35/h1-32H. The third-order valence-corrected chi connectivity index (χ3v) is 11.8. The highest BCUT2D eigenvalue weighted by Crippen LogP contribution is 2.40. The summed E-state index contributed by atoms with van der Waals surface area (Å²) in [4.78, 5) is 14.8. The molecule has 0 bridgehead atoms. The molecule has 11 aromatic rings. The fraction of sp³-hybridized carbons (Fsp3) is 0. The SMILES string of the molecule is c1ccc(-c2ccc3c(c2)c2ccccc2n3-c2cccc(-c3ccc4c(c3)sc3cc(-c5nc(-c6ccccc6)nc(-c6ccccc6)n5)ccc34)c2)cc1. The van der Waals surface area contributed by atoms with E-state index in [0.29, 0.717) is 17.5 Å². The molecule has 3 aromatic heterocycles. The Labute approximate surface area is 327 Å². The van der Waals surface area contributed by atoms with Crippen molar-refractivity contribution in [3.05, 3.63) is 194 Å². The molecule has 3 heterocycles. The minimum absolute atomic E-state index is 0.663. The van der Waals surface area contributed by atoms with Gasteiger partial charge in [-0.3, -0.25) is 0 Å². The van der Waals surface area contributed by atoms with Crippen molar-refractivity contribution in [3.63, 3.8) is 0 Å². The van der Waals surface area contributed by atoms with Crippen molar-refractivity contribution in [3.8, 4) is 62.1 Å². The first-order valence-corrected chi connectivity index (χ1v) is 19.6. The molecule has 0 aliphatic carbocycles. The lowest BCUT2D eigenvalue weighted by Gasteiger charge is -2.11. The van der Waals surface area contributed by atoms with Gasteiger partial charge in [-0.1, -0.05) is 152 Å². The first-order valence-electron chi connectivity index (χ1n) is 18.8. The molecule has 0 amide bonds. The van der Waals surface area contributed by atoms with Crippen molar-refractivity contribution in [2.24, 2.45) is 0 Å². The van der Waals surface area contributed by atoms with Crippen LogP contribution in [0.5, 0.6) is 0 Å². The second-order valence-corrected chi connectivity index (χ2v) is 15.1. The second-order valence-electron chi connectivity index (χ2n) is 14.1. The van der Waals surface area contributed by atoms with Gasteiger partial charge in [0.25, 0.3) is 0 Å². The molecule has 5 heteroatoms. The summed E-state index contributed by atoms with van der Waals surface area (Å²) in [6.07, 6.45) is 0. The first kappa shape index (κ1) is 32.2. The van der Waals surface area contributed by atoms with Crippen LogP contribution in [-0.2, 0) is 0 Å². The van der Waals surface area contributed by atoms with E-state index in [1.807, 2.05) is 72.0 Å². The van der Waals surface area contributed by atoms with Crippen LogP contribution in [0.2, 0.25) is 0 Å². The molecule has 56 heavy (non-hydrogen) atoms. The summed E-state index contributed by atoms with van der Waals surface area (Å²) in [6, 6.07) is 68.8. The molecule has 262 valence electrons. The lowest BCUT2D eigenvalue weighted by molar-refractivity contribution is 1.07. The van der Waals surface area contributed by atoms with Crippen molar-refractivity contribution in [1.82, 2.24) is 19.5 Å². The largest absolute Gasteiger partial charge is 0.309 e. The third-order valence-electron chi connectivity index (χ3n) is 10.6. The van der Waals surface area contributed by atoms with Crippen LogP contribution in [0.4, 0.5) is 0 Å². The zero-order chi connectivity index (χ0) is 37.0. The summed E-state index contributed by atoms with van der Waals surface area (Å²) in [5, 5.41) is 4.98. The number of fused-ring (bicyclic) bond motifs is 6. The average molecular weight is 733 g/mol. The lowest BCUT2D eigenvalue weighted by atomic mass is 10.0. The van der Waals surface area contributed by atoms with Gasteiger partial charge in [-0.2, -0.15) is 0 Å². The van der Waals surface area contributed by atoms with Gasteiger partial charge >= 0.3 is 0 Å². The summed E-state index contributed by atoms with van der Waals surface area (Å²) in [6.45, 7) is 0. The Morgan fingerprint density at radius 2 is 0.786 bits per heavy atom. The molecule has 0 aliphatic heterocycles. The summed E-state index contributed by atoms with van der Waals surface area (Å²) in [7, 11) is 0. The Kier molecular flexibility index (Phi) is 7.64. The van der Waals surface area contributed by atoms with Gasteiger partial charge < -0.3 is 4.57 Å². The van der Waals surface area contributed by atoms with Gasteiger partial charge in [0, 0.05) is 53.3 Å². The number of benzene rings is 8. The van der Waals surface area contributed by atoms with Crippen molar-refractivity contribution in [1.29, 1.82) is 0 Å². The molecule has 0 saturated heterocycles. The van der Waals surface area contributed by atoms with Crippen molar-refractivity contribution in [2.75, 3.05) is 0 Å². The Hall–Kier alpha value is -7.21. The predicted octanol–water partition coefficient (Wildman–Crippen LogP) is 13.7. The van der Waals surface area contributed by atoms with E-state index >= 15 is 0 Å². The fourth-order valence-corrected chi connectivity index (χ4v) is 9.10. The number of nitrogens with zero attached hydrogens (tertiary/aromatic N) is 4. The zero-order valence-corrected chi connectivity index (χ0v) is 31.0. The topological polar surface area (TPSA) is 43.6 Å². The van der Waals surface area contributed by atoms with Gasteiger partial charge in [-0.25, -0.2) is 15.0 Å². The van der Waals surface area contributed by atoms with Gasteiger partial charge in [-0.05, 0) is 64.7 Å². The minimum Gasteiger partial charge on any atom is -0.309 e. The summed E-state index contributed by atoms with van der Waals surface area (Å²) >= 11 is 1.81. The second kappa shape index (κ2) is 13.3. The van der Waals surface area contributed by atoms with Gasteiger partial charge in [0.15, 0.2) is 17.5 Å². The summed E-state index contributed by atoms with van der Waals surface area (Å²) in [5.41, 5.74) is 11.2. The van der Waals surface area contributed by atoms with Crippen LogP contribution in [0.25, 0.3) is 104 Å². The normalized spacial score (nSPS) is 11.6. The molecule has 11 rings (SSSR count). The number of thiophene rings is 1. The van der Waals surface area contributed by atoms with Gasteiger partial charge in [-0.15, -0.1) is 11.3 Å². The number of rotatable bonds is 6. The zero-order valence-electron chi connectivity index (χ0n) is 30.2. The molecular formula is C51H32N4S. The molecule has 0 atom stereocenters. The Balaban J connectivity index is 0.984. The van der Waals surface area contributed by atoms with Crippen molar-refractivity contribution >= 4 is 53.3 Å². The molecule has 8 aromatic carbocycles. The molecular weight excluding hydrogens is 701 g/mol. The molecule has 0 saturated carbocycles. The maximum absolute atomic E-state index is 4.98. The smallest absolute Gasteiger partial charge is 0.164 e. The lowest BCUT2D eigenvalue weighted by Crippen LogP contribution is -1.99.